The lowest BCUT2D eigenvalue weighted by Crippen LogP contribution is -2.42. The Morgan fingerprint density at radius 1 is 0.963 bits per heavy atom. The van der Waals surface area contributed by atoms with Gasteiger partial charge in [-0.25, -0.2) is 0 Å². The first-order chi connectivity index (χ1) is 13.2. The van der Waals surface area contributed by atoms with Crippen molar-refractivity contribution >= 4 is 17.5 Å². The molecule has 1 saturated heterocycles. The second-order valence-corrected chi connectivity index (χ2v) is 6.79. The van der Waals surface area contributed by atoms with Crippen molar-refractivity contribution in [2.24, 2.45) is 11.8 Å². The molecule has 2 unspecified atom stereocenters. The van der Waals surface area contributed by atoms with Crippen LogP contribution in [0.15, 0.2) is 54.6 Å². The largest absolute Gasteiger partial charge is 0.455 e. The van der Waals surface area contributed by atoms with Crippen molar-refractivity contribution < 1.29 is 19.1 Å². The smallest absolute Gasteiger partial charge is 0.228 e. The summed E-state index contributed by atoms with van der Waals surface area (Å²) >= 11 is 0. The molecule has 4 rings (SSSR count). The van der Waals surface area contributed by atoms with Crippen LogP contribution in [0.2, 0.25) is 0 Å². The molecule has 2 aromatic carbocycles. The van der Waals surface area contributed by atoms with Crippen LogP contribution in [0, 0.1) is 11.8 Å². The molecule has 1 saturated carbocycles. The number of ether oxygens (including phenoxy) is 2. The van der Waals surface area contributed by atoms with Gasteiger partial charge in [0.25, 0.3) is 0 Å². The van der Waals surface area contributed by atoms with Crippen LogP contribution in [0.4, 0.5) is 5.69 Å². The van der Waals surface area contributed by atoms with Crippen molar-refractivity contribution in [2.45, 2.75) is 6.42 Å². The SMILES string of the molecule is O=C(Nc1ccccc1Oc1ccccc1)C1CC1C(=O)N1CCOCC1. The zero-order valence-corrected chi connectivity index (χ0v) is 15.0. The molecule has 0 spiro atoms. The Labute approximate surface area is 158 Å². The van der Waals surface area contributed by atoms with Crippen molar-refractivity contribution in [3.63, 3.8) is 0 Å². The van der Waals surface area contributed by atoms with Crippen molar-refractivity contribution in [3.05, 3.63) is 54.6 Å². The van der Waals surface area contributed by atoms with E-state index in [0.717, 1.165) is 0 Å². The lowest BCUT2D eigenvalue weighted by atomic mass is 10.2. The van der Waals surface area contributed by atoms with Gasteiger partial charge in [-0.2, -0.15) is 0 Å². The molecule has 140 valence electrons. The van der Waals surface area contributed by atoms with E-state index in [9.17, 15) is 9.59 Å². The van der Waals surface area contributed by atoms with Gasteiger partial charge in [-0.15, -0.1) is 0 Å². The van der Waals surface area contributed by atoms with Crippen molar-refractivity contribution in [3.8, 4) is 11.5 Å². The molecule has 0 bridgehead atoms. The van der Waals surface area contributed by atoms with Crippen molar-refractivity contribution in [2.75, 3.05) is 31.6 Å². The van der Waals surface area contributed by atoms with Gasteiger partial charge in [0.2, 0.25) is 11.8 Å². The third-order valence-corrected chi connectivity index (χ3v) is 4.88. The quantitative estimate of drug-likeness (QED) is 0.884. The highest BCUT2D eigenvalue weighted by atomic mass is 16.5. The Hall–Kier alpha value is -2.86. The number of hydrogen-bond acceptors (Lipinski definition) is 4. The van der Waals surface area contributed by atoms with Crippen LogP contribution in [0.25, 0.3) is 0 Å². The molecular weight excluding hydrogens is 344 g/mol. The summed E-state index contributed by atoms with van der Waals surface area (Å²) in [4.78, 5) is 26.9. The fourth-order valence-corrected chi connectivity index (χ4v) is 3.28. The molecule has 2 fully saturated rings. The molecule has 6 nitrogen and oxygen atoms in total. The average Bonchev–Trinajstić information content (AvgIpc) is 3.51. The van der Waals surface area contributed by atoms with Gasteiger partial charge in [0.15, 0.2) is 5.75 Å². The summed E-state index contributed by atoms with van der Waals surface area (Å²) in [7, 11) is 0. The summed E-state index contributed by atoms with van der Waals surface area (Å²) in [6, 6.07) is 16.7. The molecule has 1 aliphatic heterocycles. The van der Waals surface area contributed by atoms with Gasteiger partial charge in [0, 0.05) is 13.1 Å². The first kappa shape index (κ1) is 17.5. The minimum atomic E-state index is -0.273. The molecule has 0 radical (unpaired) electrons. The third-order valence-electron chi connectivity index (χ3n) is 4.88. The minimum absolute atomic E-state index is 0.0623. The minimum Gasteiger partial charge on any atom is -0.455 e. The first-order valence-corrected chi connectivity index (χ1v) is 9.22. The lowest BCUT2D eigenvalue weighted by Gasteiger charge is -2.27. The predicted octanol–water partition coefficient (Wildman–Crippen LogP) is 2.91. The zero-order chi connectivity index (χ0) is 18.6. The highest BCUT2D eigenvalue weighted by molar-refractivity contribution is 6.00. The number of rotatable bonds is 5. The van der Waals surface area contributed by atoms with Gasteiger partial charge < -0.3 is 19.7 Å². The second-order valence-electron chi connectivity index (χ2n) is 6.79. The Morgan fingerprint density at radius 2 is 1.67 bits per heavy atom. The summed E-state index contributed by atoms with van der Waals surface area (Å²) in [6.07, 6.45) is 0.601. The Balaban J connectivity index is 1.38. The van der Waals surface area contributed by atoms with Crippen molar-refractivity contribution in [1.82, 2.24) is 4.90 Å². The molecule has 2 amide bonds. The number of para-hydroxylation sites is 3. The molecule has 2 aromatic rings. The predicted molar refractivity (Wildman–Crippen MR) is 101 cm³/mol. The maximum atomic E-state index is 12.6. The van der Waals surface area contributed by atoms with Crippen LogP contribution < -0.4 is 10.1 Å². The number of nitrogens with one attached hydrogen (secondary N) is 1. The zero-order valence-electron chi connectivity index (χ0n) is 15.0. The number of nitrogens with zero attached hydrogens (tertiary/aromatic N) is 1. The van der Waals surface area contributed by atoms with Crippen LogP contribution in [-0.4, -0.2) is 43.0 Å². The summed E-state index contributed by atoms with van der Waals surface area (Å²) in [5, 5.41) is 2.92. The molecule has 1 N–H and O–H groups in total. The number of morpholine rings is 1. The van der Waals surface area contributed by atoms with Crippen LogP contribution in [0.1, 0.15) is 6.42 Å². The van der Waals surface area contributed by atoms with Gasteiger partial charge in [0.1, 0.15) is 5.75 Å². The number of hydrogen-bond donors (Lipinski definition) is 1. The van der Waals surface area contributed by atoms with E-state index < -0.39 is 0 Å². The van der Waals surface area contributed by atoms with Crippen LogP contribution >= 0.6 is 0 Å². The fraction of sp³-hybridized carbons (Fsp3) is 0.333. The number of carbonyl (C=O) groups is 2. The van der Waals surface area contributed by atoms with E-state index in [1.54, 1.807) is 11.0 Å². The van der Waals surface area contributed by atoms with E-state index >= 15 is 0 Å². The normalized spacial score (nSPS) is 21.4. The average molecular weight is 366 g/mol. The van der Waals surface area contributed by atoms with Crippen LogP contribution in [0.3, 0.4) is 0 Å². The van der Waals surface area contributed by atoms with E-state index in [4.69, 9.17) is 9.47 Å². The molecule has 1 heterocycles. The van der Waals surface area contributed by atoms with E-state index in [-0.39, 0.29) is 23.7 Å². The van der Waals surface area contributed by atoms with Crippen molar-refractivity contribution in [1.29, 1.82) is 0 Å². The summed E-state index contributed by atoms with van der Waals surface area (Å²) in [5.74, 6) is 0.716. The molecular formula is C21H22N2O4. The second kappa shape index (κ2) is 7.80. The summed E-state index contributed by atoms with van der Waals surface area (Å²) < 4.78 is 11.2. The topological polar surface area (TPSA) is 67.9 Å². The molecule has 27 heavy (non-hydrogen) atoms. The number of anilines is 1. The Kier molecular flexibility index (Phi) is 5.07. The third kappa shape index (κ3) is 4.11. The van der Waals surface area contributed by atoms with Gasteiger partial charge in [0.05, 0.1) is 30.7 Å². The van der Waals surface area contributed by atoms with E-state index in [2.05, 4.69) is 5.32 Å². The van der Waals surface area contributed by atoms with E-state index in [1.165, 1.54) is 0 Å². The number of amides is 2. The van der Waals surface area contributed by atoms with E-state index in [0.29, 0.717) is 49.9 Å². The monoisotopic (exact) mass is 366 g/mol. The molecule has 0 aromatic heterocycles. The maximum Gasteiger partial charge on any atom is 0.228 e. The van der Waals surface area contributed by atoms with E-state index in [1.807, 2.05) is 48.5 Å². The lowest BCUT2D eigenvalue weighted by molar-refractivity contribution is -0.137. The summed E-state index contributed by atoms with van der Waals surface area (Å²) in [5.41, 5.74) is 0.607. The highest BCUT2D eigenvalue weighted by Crippen LogP contribution is 2.41. The number of carbonyl (C=O) groups excluding carboxylic acids is 2. The Morgan fingerprint density at radius 3 is 2.44 bits per heavy atom. The van der Waals surface area contributed by atoms with Crippen LogP contribution in [0.5, 0.6) is 11.5 Å². The summed E-state index contributed by atoms with van der Waals surface area (Å²) in [6.45, 7) is 2.36. The molecule has 2 aliphatic rings. The van der Waals surface area contributed by atoms with Crippen LogP contribution in [-0.2, 0) is 14.3 Å². The van der Waals surface area contributed by atoms with Gasteiger partial charge in [-0.1, -0.05) is 30.3 Å². The van der Waals surface area contributed by atoms with Gasteiger partial charge in [-0.3, -0.25) is 9.59 Å². The highest BCUT2D eigenvalue weighted by Gasteiger charge is 2.49. The molecule has 2 atom stereocenters. The number of benzene rings is 2. The van der Waals surface area contributed by atoms with Gasteiger partial charge >= 0.3 is 0 Å². The molecule has 6 heteroatoms. The molecule has 1 aliphatic carbocycles. The Bertz CT molecular complexity index is 818. The fourth-order valence-electron chi connectivity index (χ4n) is 3.28. The maximum absolute atomic E-state index is 12.6. The standard InChI is InChI=1S/C21H22N2O4/c24-20(16-14-17(16)21(25)23-10-12-26-13-11-23)22-18-8-4-5-9-19(18)27-15-6-2-1-3-7-15/h1-9,16-17H,10-14H2,(H,22,24). The first-order valence-electron chi connectivity index (χ1n) is 9.22. The van der Waals surface area contributed by atoms with Gasteiger partial charge in [-0.05, 0) is 30.7 Å².